The molecule has 1 unspecified atom stereocenters. The fourth-order valence-corrected chi connectivity index (χ4v) is 4.23. The van der Waals surface area contributed by atoms with Crippen molar-refractivity contribution in [1.29, 1.82) is 0 Å². The quantitative estimate of drug-likeness (QED) is 0.504. The van der Waals surface area contributed by atoms with E-state index in [0.717, 1.165) is 29.2 Å². The molecule has 0 saturated carbocycles. The van der Waals surface area contributed by atoms with Crippen LogP contribution in [0.15, 0.2) is 36.4 Å². The number of rotatable bonds is 7. The van der Waals surface area contributed by atoms with Gasteiger partial charge in [0.1, 0.15) is 41.3 Å². The van der Waals surface area contributed by atoms with Crippen LogP contribution in [0, 0.1) is 23.4 Å². The van der Waals surface area contributed by atoms with Crippen LogP contribution in [0.1, 0.15) is 37.9 Å². The average molecular weight is 535 g/mol. The van der Waals surface area contributed by atoms with Gasteiger partial charge in [-0.05, 0) is 54.7 Å². The molecule has 0 bridgehead atoms. The first-order valence-corrected chi connectivity index (χ1v) is 11.9. The van der Waals surface area contributed by atoms with E-state index in [2.05, 4.69) is 10.6 Å². The Morgan fingerprint density at radius 3 is 2.26 bits per heavy atom. The minimum atomic E-state index is -1.39. The Labute approximate surface area is 217 Å². The molecule has 4 amide bonds. The molecule has 3 N–H and O–H groups in total. The molecule has 3 atom stereocenters. The monoisotopic (exact) mass is 534 g/mol. The summed E-state index contributed by atoms with van der Waals surface area (Å²) in [6.07, 6.45) is -1.15. The summed E-state index contributed by atoms with van der Waals surface area (Å²) >= 11 is 0. The summed E-state index contributed by atoms with van der Waals surface area (Å²) in [5.74, 6) is -5.38. The van der Waals surface area contributed by atoms with Crippen molar-refractivity contribution in [2.24, 2.45) is 5.92 Å². The van der Waals surface area contributed by atoms with Gasteiger partial charge in [0.25, 0.3) is 5.91 Å². The maximum absolute atomic E-state index is 14.3. The number of anilines is 1. The first-order valence-electron chi connectivity index (χ1n) is 11.9. The zero-order valence-electron chi connectivity index (χ0n) is 21.3. The van der Waals surface area contributed by atoms with Gasteiger partial charge in [0.15, 0.2) is 0 Å². The Bertz CT molecular complexity index is 1240. The smallest absolute Gasteiger partial charge is 0.407 e. The molecule has 2 aromatic carbocycles. The second kappa shape index (κ2) is 11.5. The number of carboxylic acid groups (broad SMARTS) is 1. The number of hydrogen-bond acceptors (Lipinski definition) is 4. The van der Waals surface area contributed by atoms with E-state index in [1.165, 1.54) is 31.0 Å². The molecule has 38 heavy (non-hydrogen) atoms. The molecule has 2 aromatic rings. The van der Waals surface area contributed by atoms with Gasteiger partial charge in [0.2, 0.25) is 11.8 Å². The summed E-state index contributed by atoms with van der Waals surface area (Å²) in [6.45, 7) is 4.63. The van der Waals surface area contributed by atoms with E-state index in [4.69, 9.17) is 0 Å². The highest BCUT2D eigenvalue weighted by Gasteiger charge is 2.41. The van der Waals surface area contributed by atoms with Crippen LogP contribution in [0.2, 0.25) is 0 Å². The predicted octanol–water partition coefficient (Wildman–Crippen LogP) is 3.31. The van der Waals surface area contributed by atoms with Crippen molar-refractivity contribution in [2.75, 3.05) is 18.9 Å². The number of amides is 4. The van der Waals surface area contributed by atoms with E-state index in [-0.39, 0.29) is 18.5 Å². The van der Waals surface area contributed by atoms with Crippen LogP contribution in [-0.2, 0) is 20.8 Å². The van der Waals surface area contributed by atoms with Crippen LogP contribution in [0.25, 0.3) is 0 Å². The van der Waals surface area contributed by atoms with Crippen molar-refractivity contribution in [3.05, 3.63) is 65.0 Å². The summed E-state index contributed by atoms with van der Waals surface area (Å²) in [5, 5.41) is 13.9. The lowest BCUT2D eigenvalue weighted by Crippen LogP contribution is -2.57. The fourth-order valence-electron chi connectivity index (χ4n) is 4.23. The van der Waals surface area contributed by atoms with Crippen molar-refractivity contribution in [1.82, 2.24) is 15.1 Å². The molecular formula is C26H29F3N4O5. The normalized spacial score (nSPS) is 16.3. The first kappa shape index (κ1) is 28.5. The lowest BCUT2D eigenvalue weighted by atomic mass is 9.90. The average Bonchev–Trinajstić information content (AvgIpc) is 2.86. The number of halogens is 3. The standard InChI is InChI=1S/C26H29F3N4O5/c1-13(2)20(30-23(34)14(3)32(4)26(37)38)25(36)33-11-10-15-12-16(27)8-9-17(15)22(33)24(35)31-21-18(28)6-5-7-19(21)29/h5-9,12-14,20,22H,10-11H2,1-4H3,(H,30,34)(H,31,35)(H,37,38)/t14-,20-,22?/m0/s1. The van der Waals surface area contributed by atoms with Crippen molar-refractivity contribution < 1.29 is 37.5 Å². The second-order valence-electron chi connectivity index (χ2n) is 9.41. The van der Waals surface area contributed by atoms with Gasteiger partial charge < -0.3 is 20.6 Å². The Balaban J connectivity index is 1.97. The lowest BCUT2D eigenvalue weighted by Gasteiger charge is -2.39. The summed E-state index contributed by atoms with van der Waals surface area (Å²) in [4.78, 5) is 53.2. The summed E-state index contributed by atoms with van der Waals surface area (Å²) in [7, 11) is 1.21. The molecule has 1 aliphatic rings. The number of carbonyl (C=O) groups is 4. The molecule has 0 aliphatic carbocycles. The number of benzene rings is 2. The van der Waals surface area contributed by atoms with Crippen molar-refractivity contribution in [3.63, 3.8) is 0 Å². The van der Waals surface area contributed by atoms with Gasteiger partial charge in [-0.3, -0.25) is 19.3 Å². The summed E-state index contributed by atoms with van der Waals surface area (Å²) in [5.41, 5.74) is 0.0245. The third-order valence-corrected chi connectivity index (χ3v) is 6.57. The molecule has 3 rings (SSSR count). The minimum absolute atomic E-state index is 0.0448. The third-order valence-electron chi connectivity index (χ3n) is 6.57. The van der Waals surface area contributed by atoms with Gasteiger partial charge in [-0.1, -0.05) is 26.0 Å². The molecule has 1 aliphatic heterocycles. The summed E-state index contributed by atoms with van der Waals surface area (Å²) < 4.78 is 42.5. The number of likely N-dealkylation sites (N-methyl/N-ethyl adjacent to an activating group) is 1. The number of nitrogens with one attached hydrogen (secondary N) is 2. The van der Waals surface area contributed by atoms with Crippen LogP contribution in [0.4, 0.5) is 23.7 Å². The van der Waals surface area contributed by atoms with Gasteiger partial charge in [-0.25, -0.2) is 18.0 Å². The molecule has 204 valence electrons. The topological polar surface area (TPSA) is 119 Å². The SMILES string of the molecule is CC(C)[C@H](NC(=O)[C@H](C)N(C)C(=O)O)C(=O)N1CCc2cc(F)ccc2C1C(=O)Nc1c(F)cccc1F. The molecule has 0 aromatic heterocycles. The van der Waals surface area contributed by atoms with Gasteiger partial charge >= 0.3 is 6.09 Å². The Kier molecular flexibility index (Phi) is 8.64. The van der Waals surface area contributed by atoms with Crippen molar-refractivity contribution in [2.45, 2.75) is 45.3 Å². The van der Waals surface area contributed by atoms with Crippen LogP contribution >= 0.6 is 0 Å². The highest BCUT2D eigenvalue weighted by molar-refractivity contribution is 6.00. The highest BCUT2D eigenvalue weighted by Crippen LogP contribution is 2.33. The van der Waals surface area contributed by atoms with Gasteiger partial charge in [-0.15, -0.1) is 0 Å². The molecule has 0 spiro atoms. The Morgan fingerprint density at radius 2 is 1.68 bits per heavy atom. The van der Waals surface area contributed by atoms with E-state index in [0.29, 0.717) is 5.56 Å². The molecule has 0 radical (unpaired) electrons. The van der Waals surface area contributed by atoms with Crippen LogP contribution in [0.3, 0.4) is 0 Å². The van der Waals surface area contributed by atoms with Crippen molar-refractivity contribution in [3.8, 4) is 0 Å². The zero-order chi connectivity index (χ0) is 28.3. The van der Waals surface area contributed by atoms with Crippen LogP contribution < -0.4 is 10.6 Å². The van der Waals surface area contributed by atoms with E-state index < -0.39 is 71.0 Å². The van der Waals surface area contributed by atoms with E-state index in [1.54, 1.807) is 13.8 Å². The molecule has 0 saturated heterocycles. The number of hydrogen-bond donors (Lipinski definition) is 3. The largest absolute Gasteiger partial charge is 0.465 e. The molecular weight excluding hydrogens is 505 g/mol. The summed E-state index contributed by atoms with van der Waals surface area (Å²) in [6, 6.07) is 3.07. The first-order chi connectivity index (χ1) is 17.8. The number of para-hydroxylation sites is 1. The predicted molar refractivity (Wildman–Crippen MR) is 132 cm³/mol. The second-order valence-corrected chi connectivity index (χ2v) is 9.41. The van der Waals surface area contributed by atoms with Crippen LogP contribution in [0.5, 0.6) is 0 Å². The molecule has 0 fully saturated rings. The lowest BCUT2D eigenvalue weighted by molar-refractivity contribution is -0.144. The third kappa shape index (κ3) is 5.90. The maximum Gasteiger partial charge on any atom is 0.407 e. The fraction of sp³-hybridized carbons (Fsp3) is 0.385. The van der Waals surface area contributed by atoms with E-state index in [9.17, 15) is 37.5 Å². The molecule has 9 nitrogen and oxygen atoms in total. The molecule has 1 heterocycles. The Hall–Kier alpha value is -4.09. The van der Waals surface area contributed by atoms with Gasteiger partial charge in [0.05, 0.1) is 0 Å². The number of nitrogens with zero attached hydrogens (tertiary/aromatic N) is 2. The zero-order valence-corrected chi connectivity index (χ0v) is 21.3. The van der Waals surface area contributed by atoms with Gasteiger partial charge in [0, 0.05) is 13.6 Å². The maximum atomic E-state index is 14.3. The highest BCUT2D eigenvalue weighted by atomic mass is 19.1. The van der Waals surface area contributed by atoms with Crippen LogP contribution in [-0.4, -0.2) is 64.4 Å². The van der Waals surface area contributed by atoms with E-state index in [1.807, 2.05) is 0 Å². The van der Waals surface area contributed by atoms with E-state index >= 15 is 0 Å². The minimum Gasteiger partial charge on any atom is -0.465 e. The number of carbonyl (C=O) groups excluding carboxylic acids is 3. The van der Waals surface area contributed by atoms with Gasteiger partial charge in [-0.2, -0.15) is 0 Å². The van der Waals surface area contributed by atoms with Crippen molar-refractivity contribution >= 4 is 29.5 Å². The number of fused-ring (bicyclic) bond motifs is 1. The molecule has 12 heteroatoms. The Morgan fingerprint density at radius 1 is 1.05 bits per heavy atom.